The Morgan fingerprint density at radius 2 is 1.95 bits per heavy atom. The topological polar surface area (TPSA) is 12.5 Å². The van der Waals surface area contributed by atoms with Crippen LogP contribution in [0.25, 0.3) is 0 Å². The summed E-state index contributed by atoms with van der Waals surface area (Å²) in [5, 5.41) is 0. The van der Waals surface area contributed by atoms with Gasteiger partial charge in [-0.15, -0.1) is 0 Å². The minimum atomic E-state index is 0.195. The minimum absolute atomic E-state index is 0.195. The fraction of sp³-hybridized carbons (Fsp3) is 0.714. The summed E-state index contributed by atoms with van der Waals surface area (Å²) in [6.45, 7) is 7.28. The van der Waals surface area contributed by atoms with Gasteiger partial charge in [0.15, 0.2) is 0 Å². The number of aryl methyl sites for hydroxylation is 2. The molecular weight excluding hydrogens is 268 g/mol. The molecule has 2 saturated carbocycles. The third-order valence-electron chi connectivity index (χ3n) is 8.15. The maximum absolute atomic E-state index is 6.72. The molecule has 0 N–H and O–H groups in total. The van der Waals surface area contributed by atoms with E-state index >= 15 is 0 Å². The van der Waals surface area contributed by atoms with Crippen LogP contribution < -0.4 is 0 Å². The van der Waals surface area contributed by atoms with E-state index in [1.54, 1.807) is 11.1 Å². The van der Waals surface area contributed by atoms with Gasteiger partial charge in [0.25, 0.3) is 0 Å². The number of fused-ring (bicyclic) bond motifs is 2. The molecule has 0 bridgehead atoms. The summed E-state index contributed by atoms with van der Waals surface area (Å²) in [5.41, 5.74) is 5.52. The molecule has 22 heavy (non-hydrogen) atoms. The molecule has 1 heteroatoms. The highest BCUT2D eigenvalue weighted by atomic mass is 16.6. The van der Waals surface area contributed by atoms with Gasteiger partial charge in [-0.3, -0.25) is 0 Å². The molecule has 0 radical (unpaired) electrons. The SMILES string of the molecule is Cc1ccc2c(c1)C[C@@]13CC[C@@]4(C)[C@@H](CC[C@@H]4C)[C@]1(CC2)O3. The Morgan fingerprint density at radius 3 is 2.82 bits per heavy atom. The summed E-state index contributed by atoms with van der Waals surface area (Å²) in [5.74, 6) is 1.68. The molecule has 118 valence electrons. The quantitative estimate of drug-likeness (QED) is 0.624. The van der Waals surface area contributed by atoms with Crippen LogP contribution in [0.1, 0.15) is 62.6 Å². The van der Waals surface area contributed by atoms with E-state index in [0.29, 0.717) is 5.41 Å². The van der Waals surface area contributed by atoms with Crippen LogP contribution in [0.4, 0.5) is 0 Å². The van der Waals surface area contributed by atoms with Crippen LogP contribution in [0.15, 0.2) is 18.2 Å². The summed E-state index contributed by atoms with van der Waals surface area (Å²) in [6.07, 6.45) is 9.13. The zero-order valence-electron chi connectivity index (χ0n) is 14.2. The number of hydrogen-bond acceptors (Lipinski definition) is 1. The van der Waals surface area contributed by atoms with Crippen molar-refractivity contribution in [2.24, 2.45) is 17.3 Å². The molecule has 1 aliphatic heterocycles. The van der Waals surface area contributed by atoms with E-state index in [9.17, 15) is 0 Å². The predicted octanol–water partition coefficient (Wildman–Crippen LogP) is 4.84. The summed E-state index contributed by atoms with van der Waals surface area (Å²) in [4.78, 5) is 0. The summed E-state index contributed by atoms with van der Waals surface area (Å²) < 4.78 is 6.72. The normalized spacial score (nSPS) is 48.7. The fourth-order valence-electron chi connectivity index (χ4n) is 6.57. The molecule has 0 aromatic heterocycles. The Morgan fingerprint density at radius 1 is 1.09 bits per heavy atom. The molecular formula is C21H28O. The Labute approximate surface area is 134 Å². The lowest BCUT2D eigenvalue weighted by atomic mass is 9.57. The first-order chi connectivity index (χ1) is 10.5. The standard InChI is InChI=1S/C21H28O/c1-14-4-6-16-8-9-21-18-7-5-15(2)19(18,3)10-11-20(21,22-21)13-17(16)12-14/h4,6,12,15,18H,5,7-11,13H2,1-3H3/t15-,18+,19+,20-,21-/m0/s1. The second-order valence-electron chi connectivity index (χ2n) is 8.97. The zero-order valence-corrected chi connectivity index (χ0v) is 14.2. The maximum Gasteiger partial charge on any atom is 0.102 e. The Balaban J connectivity index is 1.57. The molecule has 0 unspecified atom stereocenters. The molecule has 5 rings (SSSR count). The Bertz CT molecular complexity index is 649. The lowest BCUT2D eigenvalue weighted by molar-refractivity contribution is 0.0598. The number of epoxide rings is 1. The van der Waals surface area contributed by atoms with Gasteiger partial charge in [-0.1, -0.05) is 37.6 Å². The number of rotatable bonds is 0. The highest BCUT2D eigenvalue weighted by Gasteiger charge is 2.78. The predicted molar refractivity (Wildman–Crippen MR) is 89.0 cm³/mol. The van der Waals surface area contributed by atoms with Crippen LogP contribution in [-0.2, 0) is 17.6 Å². The van der Waals surface area contributed by atoms with Gasteiger partial charge >= 0.3 is 0 Å². The van der Waals surface area contributed by atoms with Gasteiger partial charge in [-0.05, 0) is 73.8 Å². The van der Waals surface area contributed by atoms with Crippen LogP contribution in [0, 0.1) is 24.2 Å². The monoisotopic (exact) mass is 296 g/mol. The second kappa shape index (κ2) is 3.98. The first-order valence-corrected chi connectivity index (χ1v) is 9.28. The van der Waals surface area contributed by atoms with E-state index in [1.165, 1.54) is 50.5 Å². The van der Waals surface area contributed by atoms with Crippen LogP contribution >= 0.6 is 0 Å². The summed E-state index contributed by atoms with van der Waals surface area (Å²) in [7, 11) is 0. The van der Waals surface area contributed by atoms with Gasteiger partial charge in [-0.25, -0.2) is 0 Å². The molecule has 4 aliphatic rings. The van der Waals surface area contributed by atoms with E-state index in [-0.39, 0.29) is 11.2 Å². The van der Waals surface area contributed by atoms with Crippen molar-refractivity contribution in [2.45, 2.75) is 76.9 Å². The van der Waals surface area contributed by atoms with Gasteiger partial charge in [0.1, 0.15) is 11.2 Å². The van der Waals surface area contributed by atoms with E-state index in [0.717, 1.165) is 11.8 Å². The first kappa shape index (κ1) is 13.6. The smallest absolute Gasteiger partial charge is 0.102 e. The van der Waals surface area contributed by atoms with Gasteiger partial charge < -0.3 is 4.74 Å². The molecule has 3 fully saturated rings. The maximum atomic E-state index is 6.72. The molecule has 1 saturated heterocycles. The van der Waals surface area contributed by atoms with E-state index in [1.807, 2.05) is 0 Å². The van der Waals surface area contributed by atoms with Crippen molar-refractivity contribution in [1.82, 2.24) is 0 Å². The highest BCUT2D eigenvalue weighted by Crippen LogP contribution is 2.73. The lowest BCUT2D eigenvalue weighted by Gasteiger charge is -2.44. The fourth-order valence-corrected chi connectivity index (χ4v) is 6.57. The van der Waals surface area contributed by atoms with Gasteiger partial charge in [0.05, 0.1) is 0 Å². The van der Waals surface area contributed by atoms with Crippen molar-refractivity contribution in [1.29, 1.82) is 0 Å². The molecule has 1 aromatic rings. The molecule has 0 amide bonds. The molecule has 1 heterocycles. The third-order valence-corrected chi connectivity index (χ3v) is 8.15. The number of ether oxygens (including phenoxy) is 1. The molecule has 0 spiro atoms. The average molecular weight is 296 g/mol. The van der Waals surface area contributed by atoms with Gasteiger partial charge in [-0.2, -0.15) is 0 Å². The number of benzene rings is 1. The molecule has 5 atom stereocenters. The summed E-state index contributed by atoms with van der Waals surface area (Å²) in [6, 6.07) is 7.09. The second-order valence-corrected chi connectivity index (χ2v) is 8.97. The Kier molecular flexibility index (Phi) is 2.46. The van der Waals surface area contributed by atoms with E-state index in [4.69, 9.17) is 4.74 Å². The van der Waals surface area contributed by atoms with Crippen molar-refractivity contribution in [3.63, 3.8) is 0 Å². The minimum Gasteiger partial charge on any atom is -0.362 e. The van der Waals surface area contributed by atoms with Crippen molar-refractivity contribution < 1.29 is 4.74 Å². The van der Waals surface area contributed by atoms with Crippen LogP contribution in [0.5, 0.6) is 0 Å². The lowest BCUT2D eigenvalue weighted by Crippen LogP contribution is -2.47. The third kappa shape index (κ3) is 1.45. The average Bonchev–Trinajstić information content (AvgIpc) is 3.05. The van der Waals surface area contributed by atoms with Crippen molar-refractivity contribution in [3.8, 4) is 0 Å². The Hall–Kier alpha value is -0.820. The van der Waals surface area contributed by atoms with E-state index in [2.05, 4.69) is 39.0 Å². The van der Waals surface area contributed by atoms with Crippen LogP contribution in [-0.4, -0.2) is 11.2 Å². The van der Waals surface area contributed by atoms with Crippen LogP contribution in [0.3, 0.4) is 0 Å². The van der Waals surface area contributed by atoms with Crippen molar-refractivity contribution >= 4 is 0 Å². The molecule has 1 aromatic carbocycles. The number of hydrogen-bond donors (Lipinski definition) is 0. The van der Waals surface area contributed by atoms with E-state index < -0.39 is 0 Å². The largest absolute Gasteiger partial charge is 0.362 e. The van der Waals surface area contributed by atoms with Gasteiger partial charge in [0.2, 0.25) is 0 Å². The van der Waals surface area contributed by atoms with Crippen molar-refractivity contribution in [2.75, 3.05) is 0 Å². The zero-order chi connectivity index (χ0) is 15.2. The van der Waals surface area contributed by atoms with Crippen LogP contribution in [0.2, 0.25) is 0 Å². The molecule has 1 nitrogen and oxygen atoms in total. The molecule has 3 aliphatic carbocycles. The first-order valence-electron chi connectivity index (χ1n) is 9.28. The van der Waals surface area contributed by atoms with Crippen molar-refractivity contribution in [3.05, 3.63) is 34.9 Å². The van der Waals surface area contributed by atoms with Gasteiger partial charge in [0, 0.05) is 6.42 Å². The highest BCUT2D eigenvalue weighted by molar-refractivity contribution is 5.40. The summed E-state index contributed by atoms with van der Waals surface area (Å²) >= 11 is 0.